The number of imidazole rings is 2. The van der Waals surface area contributed by atoms with Crippen LogP contribution in [-0.4, -0.2) is 66.0 Å². The molecule has 0 spiro atoms. The first-order valence-electron chi connectivity index (χ1n) is 10.9. The van der Waals surface area contributed by atoms with Crippen LogP contribution < -0.4 is 4.90 Å². The van der Waals surface area contributed by atoms with E-state index in [0.717, 1.165) is 51.8 Å². The fourth-order valence-corrected chi connectivity index (χ4v) is 5.29. The lowest BCUT2D eigenvalue weighted by Gasteiger charge is -2.40. The van der Waals surface area contributed by atoms with Gasteiger partial charge in [-0.25, -0.2) is 19.9 Å². The number of anilines is 1. The maximum absolute atomic E-state index is 13.1. The molecule has 1 aliphatic heterocycles. The zero-order chi connectivity index (χ0) is 22.4. The standard InChI is InChI=1S/C23H22N8OS/c1-15-11-29(23-20(26-14-33-23)21-27-16-5-2-3-6-17(16)28-21)9-10-31(15)19(32)12-30-13-25-18-7-4-8-24-22(18)30/h2-8,13-15H,9-12H2,1H3,(H,27,28)/t15-/m0/s1. The lowest BCUT2D eigenvalue weighted by Crippen LogP contribution is -2.54. The fourth-order valence-electron chi connectivity index (χ4n) is 4.45. The number of hydrogen-bond donors (Lipinski definition) is 1. The summed E-state index contributed by atoms with van der Waals surface area (Å²) in [5.41, 5.74) is 6.17. The molecule has 0 aliphatic carbocycles. The largest absolute Gasteiger partial charge is 0.358 e. The van der Waals surface area contributed by atoms with Crippen molar-refractivity contribution >= 4 is 44.4 Å². The second kappa shape index (κ2) is 7.96. The number of thiazole rings is 1. The number of carbonyl (C=O) groups excluding carboxylic acids is 1. The van der Waals surface area contributed by atoms with Gasteiger partial charge < -0.3 is 19.4 Å². The maximum Gasteiger partial charge on any atom is 0.242 e. The number of aromatic amines is 1. The molecule has 1 saturated heterocycles. The van der Waals surface area contributed by atoms with Crippen molar-refractivity contribution in [2.75, 3.05) is 24.5 Å². The summed E-state index contributed by atoms with van der Waals surface area (Å²) in [6.07, 6.45) is 3.41. The van der Waals surface area contributed by atoms with Gasteiger partial charge >= 0.3 is 0 Å². The Morgan fingerprint density at radius 1 is 1.12 bits per heavy atom. The summed E-state index contributed by atoms with van der Waals surface area (Å²) in [4.78, 5) is 38.8. The van der Waals surface area contributed by atoms with Crippen molar-refractivity contribution in [3.05, 3.63) is 54.4 Å². The molecule has 5 aromatic rings. The first kappa shape index (κ1) is 19.9. The number of aromatic nitrogens is 6. The van der Waals surface area contributed by atoms with Crippen molar-refractivity contribution in [3.8, 4) is 11.5 Å². The minimum Gasteiger partial charge on any atom is -0.358 e. The number of piperazine rings is 1. The molecule has 166 valence electrons. The summed E-state index contributed by atoms with van der Waals surface area (Å²) in [7, 11) is 0. The van der Waals surface area contributed by atoms with E-state index in [9.17, 15) is 4.79 Å². The van der Waals surface area contributed by atoms with Crippen molar-refractivity contribution in [3.63, 3.8) is 0 Å². The highest BCUT2D eigenvalue weighted by atomic mass is 32.1. The molecule has 1 fully saturated rings. The van der Waals surface area contributed by atoms with Crippen LogP contribution in [0.3, 0.4) is 0 Å². The van der Waals surface area contributed by atoms with Crippen LogP contribution in [0.1, 0.15) is 6.92 Å². The molecule has 5 heterocycles. The number of nitrogens with zero attached hydrogens (tertiary/aromatic N) is 7. The molecular formula is C23H22N8OS. The number of pyridine rings is 1. The van der Waals surface area contributed by atoms with Gasteiger partial charge in [0.25, 0.3) is 0 Å². The minimum atomic E-state index is 0.0691. The predicted octanol–water partition coefficient (Wildman–Crippen LogP) is 3.17. The van der Waals surface area contributed by atoms with Gasteiger partial charge in [0.1, 0.15) is 22.8 Å². The van der Waals surface area contributed by atoms with Crippen LogP contribution in [0.4, 0.5) is 5.00 Å². The average molecular weight is 459 g/mol. The normalized spacial score (nSPS) is 16.7. The van der Waals surface area contributed by atoms with E-state index >= 15 is 0 Å². The fraction of sp³-hybridized carbons (Fsp3) is 0.261. The van der Waals surface area contributed by atoms with E-state index in [4.69, 9.17) is 4.98 Å². The zero-order valence-electron chi connectivity index (χ0n) is 18.0. The Bertz CT molecular complexity index is 1420. The van der Waals surface area contributed by atoms with Crippen LogP contribution in [0, 0.1) is 0 Å². The van der Waals surface area contributed by atoms with Gasteiger partial charge in [0.2, 0.25) is 5.91 Å². The Morgan fingerprint density at radius 2 is 2.00 bits per heavy atom. The average Bonchev–Trinajstić information content (AvgIpc) is 3.57. The summed E-state index contributed by atoms with van der Waals surface area (Å²) < 4.78 is 1.82. The lowest BCUT2D eigenvalue weighted by atomic mass is 10.2. The second-order valence-corrected chi connectivity index (χ2v) is 9.04. The SMILES string of the molecule is C[C@H]1CN(c2scnc2-c2nc3ccccc3[nH]2)CCN1C(=O)Cn1cnc2cccnc21. The number of benzene rings is 1. The van der Waals surface area contributed by atoms with Crippen LogP contribution in [0.25, 0.3) is 33.7 Å². The molecule has 1 atom stereocenters. The van der Waals surface area contributed by atoms with E-state index in [-0.39, 0.29) is 18.5 Å². The van der Waals surface area contributed by atoms with Crippen LogP contribution in [0.5, 0.6) is 0 Å². The molecular weight excluding hydrogens is 436 g/mol. The molecule has 0 saturated carbocycles. The number of para-hydroxylation sites is 2. The quantitative estimate of drug-likeness (QED) is 0.444. The van der Waals surface area contributed by atoms with Gasteiger partial charge in [-0.15, -0.1) is 11.3 Å². The number of amides is 1. The lowest BCUT2D eigenvalue weighted by molar-refractivity contribution is -0.134. The molecule has 0 bridgehead atoms. The van der Waals surface area contributed by atoms with Crippen molar-refractivity contribution < 1.29 is 4.79 Å². The number of nitrogens with one attached hydrogen (secondary N) is 1. The Kier molecular flexibility index (Phi) is 4.79. The third-order valence-corrected chi connectivity index (χ3v) is 6.96. The van der Waals surface area contributed by atoms with E-state index in [2.05, 4.69) is 31.8 Å². The minimum absolute atomic E-state index is 0.0691. The van der Waals surface area contributed by atoms with Gasteiger partial charge in [0.05, 0.1) is 22.9 Å². The molecule has 1 aromatic carbocycles. The molecule has 1 N–H and O–H groups in total. The van der Waals surface area contributed by atoms with Gasteiger partial charge in [-0.1, -0.05) is 12.1 Å². The van der Waals surface area contributed by atoms with E-state index in [1.54, 1.807) is 23.9 Å². The van der Waals surface area contributed by atoms with Gasteiger partial charge in [-0.05, 0) is 31.2 Å². The van der Waals surface area contributed by atoms with Crippen LogP contribution in [0.2, 0.25) is 0 Å². The summed E-state index contributed by atoms with van der Waals surface area (Å²) in [6, 6.07) is 11.8. The van der Waals surface area contributed by atoms with E-state index in [1.165, 1.54) is 0 Å². The number of carbonyl (C=O) groups is 1. The monoisotopic (exact) mass is 458 g/mol. The number of fused-ring (bicyclic) bond motifs is 2. The summed E-state index contributed by atoms with van der Waals surface area (Å²) in [5, 5.41) is 1.08. The smallest absolute Gasteiger partial charge is 0.242 e. The number of hydrogen-bond acceptors (Lipinski definition) is 7. The second-order valence-electron chi connectivity index (χ2n) is 8.21. The zero-order valence-corrected chi connectivity index (χ0v) is 18.9. The van der Waals surface area contributed by atoms with Crippen LogP contribution in [0.15, 0.2) is 54.4 Å². The summed E-state index contributed by atoms with van der Waals surface area (Å²) in [6.45, 7) is 4.47. The van der Waals surface area contributed by atoms with Crippen molar-refractivity contribution in [1.29, 1.82) is 0 Å². The first-order valence-corrected chi connectivity index (χ1v) is 11.7. The summed E-state index contributed by atoms with van der Waals surface area (Å²) in [5.74, 6) is 0.854. The third-order valence-electron chi connectivity index (χ3n) is 6.08. The molecule has 1 aliphatic rings. The predicted molar refractivity (Wildman–Crippen MR) is 128 cm³/mol. The Labute approximate surface area is 193 Å². The molecule has 4 aromatic heterocycles. The Morgan fingerprint density at radius 3 is 2.88 bits per heavy atom. The topological polar surface area (TPSA) is 95.8 Å². The Hall–Kier alpha value is -3.79. The van der Waals surface area contributed by atoms with Gasteiger partial charge in [0, 0.05) is 31.9 Å². The Balaban J connectivity index is 1.19. The van der Waals surface area contributed by atoms with Crippen molar-refractivity contribution in [2.45, 2.75) is 19.5 Å². The van der Waals surface area contributed by atoms with Gasteiger partial charge in [-0.3, -0.25) is 4.79 Å². The first-order chi connectivity index (χ1) is 16.2. The summed E-state index contributed by atoms with van der Waals surface area (Å²) >= 11 is 1.61. The van der Waals surface area contributed by atoms with Crippen LogP contribution >= 0.6 is 11.3 Å². The molecule has 0 unspecified atom stereocenters. The molecule has 9 nitrogen and oxygen atoms in total. The highest BCUT2D eigenvalue weighted by molar-refractivity contribution is 7.14. The molecule has 1 amide bonds. The number of H-pyrrole nitrogens is 1. The molecule has 6 rings (SSSR count). The van der Waals surface area contributed by atoms with E-state index in [1.807, 2.05) is 51.4 Å². The van der Waals surface area contributed by atoms with Crippen molar-refractivity contribution in [2.24, 2.45) is 0 Å². The van der Waals surface area contributed by atoms with E-state index in [0.29, 0.717) is 6.54 Å². The maximum atomic E-state index is 13.1. The molecule has 0 radical (unpaired) electrons. The molecule has 10 heteroatoms. The third kappa shape index (κ3) is 3.52. The van der Waals surface area contributed by atoms with Gasteiger partial charge in [-0.2, -0.15) is 0 Å². The van der Waals surface area contributed by atoms with E-state index < -0.39 is 0 Å². The van der Waals surface area contributed by atoms with Crippen molar-refractivity contribution in [1.82, 2.24) is 34.4 Å². The van der Waals surface area contributed by atoms with Crippen LogP contribution in [-0.2, 0) is 11.3 Å². The number of rotatable bonds is 4. The highest BCUT2D eigenvalue weighted by Crippen LogP contribution is 2.34. The molecule has 33 heavy (non-hydrogen) atoms. The highest BCUT2D eigenvalue weighted by Gasteiger charge is 2.30. The van der Waals surface area contributed by atoms with Gasteiger partial charge in [0.15, 0.2) is 11.5 Å².